The number of benzene rings is 1. The van der Waals surface area contributed by atoms with E-state index >= 15 is 0 Å². The average molecular weight is 317 g/mol. The van der Waals surface area contributed by atoms with Gasteiger partial charge >= 0.3 is 0 Å². The first-order valence-electron chi connectivity index (χ1n) is 5.98. The van der Waals surface area contributed by atoms with Crippen molar-refractivity contribution in [2.45, 2.75) is 6.92 Å². The van der Waals surface area contributed by atoms with Crippen LogP contribution in [0.4, 0.5) is 0 Å². The van der Waals surface area contributed by atoms with Crippen LogP contribution in [0.3, 0.4) is 0 Å². The normalized spacial score (nSPS) is 10.9. The summed E-state index contributed by atoms with van der Waals surface area (Å²) < 4.78 is 8.29. The van der Waals surface area contributed by atoms with E-state index in [1.165, 1.54) is 0 Å². The molecule has 0 atom stereocenters. The molecule has 0 radical (unpaired) electrons. The van der Waals surface area contributed by atoms with E-state index in [2.05, 4.69) is 37.4 Å². The van der Waals surface area contributed by atoms with Crippen LogP contribution in [-0.4, -0.2) is 16.5 Å². The lowest BCUT2D eigenvalue weighted by Crippen LogP contribution is -1.90. The molecule has 0 aliphatic heterocycles. The Balaban J connectivity index is 2.23. The molecule has 19 heavy (non-hydrogen) atoms. The van der Waals surface area contributed by atoms with Gasteiger partial charge in [-0.2, -0.15) is 0 Å². The van der Waals surface area contributed by atoms with Gasteiger partial charge in [0, 0.05) is 11.8 Å². The quantitative estimate of drug-likeness (QED) is 0.712. The van der Waals surface area contributed by atoms with Crippen LogP contribution >= 0.6 is 15.9 Å². The number of imidazole rings is 1. The first kappa shape index (κ1) is 12.2. The molecule has 0 saturated carbocycles. The maximum Gasteiger partial charge on any atom is 0.151 e. The van der Waals surface area contributed by atoms with Crippen LogP contribution in [-0.2, 0) is 0 Å². The standard InChI is InChI=1S/C15H13BrN2O/c1-10-14(11-5-7-12(19-2)8-6-11)18-9-3-4-13(16)15(18)17-10/h3-9H,1-2H3. The molecule has 0 unspecified atom stereocenters. The Bertz CT molecular complexity index is 732. The number of ether oxygens (including phenoxy) is 1. The number of pyridine rings is 1. The van der Waals surface area contributed by atoms with Gasteiger partial charge in [-0.05, 0) is 59.3 Å². The molecule has 0 aliphatic carbocycles. The van der Waals surface area contributed by atoms with Crippen molar-refractivity contribution in [3.8, 4) is 17.0 Å². The van der Waals surface area contributed by atoms with Gasteiger partial charge in [0.15, 0.2) is 5.65 Å². The molecule has 4 heteroatoms. The lowest BCUT2D eigenvalue weighted by atomic mass is 10.1. The number of hydrogen-bond acceptors (Lipinski definition) is 2. The lowest BCUT2D eigenvalue weighted by Gasteiger charge is -2.05. The molecule has 0 saturated heterocycles. The highest BCUT2D eigenvalue weighted by Crippen LogP contribution is 2.29. The number of nitrogens with zero attached hydrogens (tertiary/aromatic N) is 2. The topological polar surface area (TPSA) is 26.5 Å². The van der Waals surface area contributed by atoms with Crippen molar-refractivity contribution in [2.75, 3.05) is 7.11 Å². The second-order valence-corrected chi connectivity index (χ2v) is 5.18. The Labute approximate surface area is 120 Å². The molecular formula is C15H13BrN2O. The summed E-state index contributed by atoms with van der Waals surface area (Å²) in [6.45, 7) is 2.03. The van der Waals surface area contributed by atoms with E-state index in [0.29, 0.717) is 0 Å². The van der Waals surface area contributed by atoms with E-state index in [4.69, 9.17) is 4.74 Å². The maximum atomic E-state index is 5.19. The van der Waals surface area contributed by atoms with Crippen LogP contribution in [0.25, 0.3) is 16.9 Å². The van der Waals surface area contributed by atoms with Gasteiger partial charge in [0.25, 0.3) is 0 Å². The van der Waals surface area contributed by atoms with E-state index < -0.39 is 0 Å². The molecular weight excluding hydrogens is 304 g/mol. The molecule has 0 fully saturated rings. The molecule has 0 bridgehead atoms. The smallest absolute Gasteiger partial charge is 0.151 e. The molecule has 1 aromatic carbocycles. The van der Waals surface area contributed by atoms with Crippen LogP contribution in [0.5, 0.6) is 5.75 Å². The lowest BCUT2D eigenvalue weighted by molar-refractivity contribution is 0.415. The zero-order valence-corrected chi connectivity index (χ0v) is 12.3. The third kappa shape index (κ3) is 2.02. The van der Waals surface area contributed by atoms with Gasteiger partial charge in [-0.1, -0.05) is 0 Å². The van der Waals surface area contributed by atoms with Crippen LogP contribution in [0, 0.1) is 6.92 Å². The Morgan fingerprint density at radius 2 is 1.89 bits per heavy atom. The molecule has 2 heterocycles. The second kappa shape index (κ2) is 4.70. The van der Waals surface area contributed by atoms with Crippen molar-refractivity contribution >= 4 is 21.6 Å². The summed E-state index contributed by atoms with van der Waals surface area (Å²) in [6, 6.07) is 12.0. The minimum atomic E-state index is 0.858. The molecule has 3 nitrogen and oxygen atoms in total. The van der Waals surface area contributed by atoms with Crippen LogP contribution in [0.2, 0.25) is 0 Å². The van der Waals surface area contributed by atoms with E-state index in [1.54, 1.807) is 7.11 Å². The van der Waals surface area contributed by atoms with E-state index in [0.717, 1.165) is 32.8 Å². The average Bonchev–Trinajstić information content (AvgIpc) is 2.77. The molecule has 0 aliphatic rings. The number of aromatic nitrogens is 2. The predicted molar refractivity (Wildman–Crippen MR) is 79.6 cm³/mol. The second-order valence-electron chi connectivity index (χ2n) is 4.32. The first-order valence-corrected chi connectivity index (χ1v) is 6.77. The third-order valence-corrected chi connectivity index (χ3v) is 3.76. The van der Waals surface area contributed by atoms with Gasteiger partial charge in [0.05, 0.1) is 23.0 Å². The van der Waals surface area contributed by atoms with Crippen molar-refractivity contribution in [3.05, 3.63) is 52.8 Å². The largest absolute Gasteiger partial charge is 0.497 e. The molecule has 2 aromatic heterocycles. The van der Waals surface area contributed by atoms with Crippen molar-refractivity contribution in [2.24, 2.45) is 0 Å². The zero-order chi connectivity index (χ0) is 13.4. The summed E-state index contributed by atoms with van der Waals surface area (Å²) in [4.78, 5) is 4.62. The summed E-state index contributed by atoms with van der Waals surface area (Å²) in [6.07, 6.45) is 2.03. The summed E-state index contributed by atoms with van der Waals surface area (Å²) in [5.74, 6) is 0.858. The molecule has 0 amide bonds. The van der Waals surface area contributed by atoms with E-state index in [1.807, 2.05) is 37.4 Å². The summed E-state index contributed by atoms with van der Waals surface area (Å²) in [5, 5.41) is 0. The van der Waals surface area contributed by atoms with Gasteiger partial charge in [0.2, 0.25) is 0 Å². The van der Waals surface area contributed by atoms with Crippen molar-refractivity contribution in [3.63, 3.8) is 0 Å². The Morgan fingerprint density at radius 3 is 2.58 bits per heavy atom. The van der Waals surface area contributed by atoms with Gasteiger partial charge < -0.3 is 4.74 Å². The fraction of sp³-hybridized carbons (Fsp3) is 0.133. The van der Waals surface area contributed by atoms with Crippen molar-refractivity contribution in [1.82, 2.24) is 9.38 Å². The highest BCUT2D eigenvalue weighted by molar-refractivity contribution is 9.10. The van der Waals surface area contributed by atoms with Crippen LogP contribution in [0.15, 0.2) is 47.1 Å². The van der Waals surface area contributed by atoms with Crippen LogP contribution < -0.4 is 4.74 Å². The fourth-order valence-electron chi connectivity index (χ4n) is 2.24. The van der Waals surface area contributed by atoms with Crippen LogP contribution in [0.1, 0.15) is 5.69 Å². The number of rotatable bonds is 2. The molecule has 0 N–H and O–H groups in total. The minimum Gasteiger partial charge on any atom is -0.497 e. The fourth-order valence-corrected chi connectivity index (χ4v) is 2.68. The Kier molecular flexibility index (Phi) is 3.03. The number of hydrogen-bond donors (Lipinski definition) is 0. The van der Waals surface area contributed by atoms with Gasteiger partial charge in [0.1, 0.15) is 5.75 Å². The minimum absolute atomic E-state index is 0.858. The van der Waals surface area contributed by atoms with Crippen molar-refractivity contribution in [1.29, 1.82) is 0 Å². The number of aryl methyl sites for hydroxylation is 1. The Morgan fingerprint density at radius 1 is 1.16 bits per heavy atom. The third-order valence-electron chi connectivity index (χ3n) is 3.14. The van der Waals surface area contributed by atoms with Gasteiger partial charge in [-0.25, -0.2) is 4.98 Å². The number of halogens is 1. The first-order chi connectivity index (χ1) is 9.20. The number of fused-ring (bicyclic) bond motifs is 1. The van der Waals surface area contributed by atoms with E-state index in [-0.39, 0.29) is 0 Å². The molecule has 0 spiro atoms. The summed E-state index contributed by atoms with van der Waals surface area (Å²) >= 11 is 3.54. The predicted octanol–water partition coefficient (Wildman–Crippen LogP) is 4.08. The van der Waals surface area contributed by atoms with Gasteiger partial charge in [-0.3, -0.25) is 4.40 Å². The molecule has 96 valence electrons. The molecule has 3 rings (SSSR count). The highest BCUT2D eigenvalue weighted by Gasteiger charge is 2.12. The monoisotopic (exact) mass is 316 g/mol. The SMILES string of the molecule is COc1ccc(-c2c(C)nc3c(Br)cccn23)cc1. The van der Waals surface area contributed by atoms with Gasteiger partial charge in [-0.15, -0.1) is 0 Å². The zero-order valence-electron chi connectivity index (χ0n) is 10.7. The Hall–Kier alpha value is -1.81. The van der Waals surface area contributed by atoms with E-state index in [9.17, 15) is 0 Å². The molecule has 3 aromatic rings. The number of methoxy groups -OCH3 is 1. The highest BCUT2D eigenvalue weighted by atomic mass is 79.9. The summed E-state index contributed by atoms with van der Waals surface area (Å²) in [5.41, 5.74) is 4.19. The maximum absolute atomic E-state index is 5.19. The summed E-state index contributed by atoms with van der Waals surface area (Å²) in [7, 11) is 1.67. The van der Waals surface area contributed by atoms with Crippen molar-refractivity contribution < 1.29 is 4.74 Å².